The van der Waals surface area contributed by atoms with Gasteiger partial charge in [0.2, 0.25) is 0 Å². The predicted octanol–water partition coefficient (Wildman–Crippen LogP) is 10.00. The molecule has 0 atom stereocenters. The summed E-state index contributed by atoms with van der Waals surface area (Å²) in [5, 5.41) is 2.40. The predicted molar refractivity (Wildman–Crippen MR) is 177 cm³/mol. The second-order valence-electron chi connectivity index (χ2n) is 11.7. The van der Waals surface area contributed by atoms with Crippen molar-refractivity contribution in [3.63, 3.8) is 0 Å². The van der Waals surface area contributed by atoms with E-state index < -0.39 is 0 Å². The lowest BCUT2D eigenvalue weighted by Gasteiger charge is -2.21. The number of rotatable bonds is 4. The fraction of sp³-hybridized carbons (Fsp3) is 0.0750. The van der Waals surface area contributed by atoms with E-state index in [1.54, 1.807) is 0 Å². The molecule has 0 saturated heterocycles. The largest absolute Gasteiger partial charge is 0.208 e. The Morgan fingerprint density at radius 1 is 0.372 bits per heavy atom. The van der Waals surface area contributed by atoms with Crippen LogP contribution < -0.4 is 0 Å². The molecule has 0 fully saturated rings. The molecule has 0 bridgehead atoms. The van der Waals surface area contributed by atoms with E-state index in [1.165, 1.54) is 38.6 Å². The van der Waals surface area contributed by atoms with Crippen molar-refractivity contribution < 1.29 is 0 Å². The van der Waals surface area contributed by atoms with Crippen molar-refractivity contribution in [1.82, 2.24) is 15.0 Å². The molecule has 43 heavy (non-hydrogen) atoms. The number of benzene rings is 6. The third-order valence-electron chi connectivity index (χ3n) is 8.72. The van der Waals surface area contributed by atoms with Crippen molar-refractivity contribution in [1.29, 1.82) is 0 Å². The summed E-state index contributed by atoms with van der Waals surface area (Å²) in [6.45, 7) is 4.64. The van der Waals surface area contributed by atoms with Crippen molar-refractivity contribution in [3.8, 4) is 56.4 Å². The molecule has 1 aliphatic carbocycles. The van der Waals surface area contributed by atoms with Crippen LogP contribution in [0.1, 0.15) is 25.0 Å². The fourth-order valence-corrected chi connectivity index (χ4v) is 6.38. The minimum Gasteiger partial charge on any atom is -0.208 e. The summed E-state index contributed by atoms with van der Waals surface area (Å²) in [5.74, 6) is 1.99. The summed E-state index contributed by atoms with van der Waals surface area (Å²) in [4.78, 5) is 14.9. The second kappa shape index (κ2) is 9.85. The van der Waals surface area contributed by atoms with Gasteiger partial charge in [0, 0.05) is 22.1 Å². The van der Waals surface area contributed by atoms with Crippen LogP contribution in [0.2, 0.25) is 0 Å². The Hall–Kier alpha value is -5.41. The quantitative estimate of drug-likeness (QED) is 0.218. The summed E-state index contributed by atoms with van der Waals surface area (Å²) in [6, 6.07) is 49.0. The zero-order valence-corrected chi connectivity index (χ0v) is 24.1. The van der Waals surface area contributed by atoms with Crippen LogP contribution >= 0.6 is 0 Å². The summed E-state index contributed by atoms with van der Waals surface area (Å²) in [7, 11) is 0. The number of hydrogen-bond acceptors (Lipinski definition) is 3. The highest BCUT2D eigenvalue weighted by molar-refractivity contribution is 5.95. The zero-order chi connectivity index (χ0) is 29.0. The minimum absolute atomic E-state index is 0.0527. The van der Waals surface area contributed by atoms with Crippen molar-refractivity contribution in [2.24, 2.45) is 0 Å². The molecule has 0 saturated carbocycles. The average molecular weight is 552 g/mol. The van der Waals surface area contributed by atoms with Gasteiger partial charge in [-0.3, -0.25) is 0 Å². The first-order valence-electron chi connectivity index (χ1n) is 14.7. The molecular weight excluding hydrogens is 522 g/mol. The van der Waals surface area contributed by atoms with Gasteiger partial charge in [0.25, 0.3) is 0 Å². The van der Waals surface area contributed by atoms with Gasteiger partial charge in [0.15, 0.2) is 17.5 Å². The molecule has 7 aromatic rings. The van der Waals surface area contributed by atoms with Gasteiger partial charge in [-0.2, -0.15) is 0 Å². The molecule has 0 amide bonds. The van der Waals surface area contributed by atoms with E-state index >= 15 is 0 Å². The molecule has 0 aliphatic heterocycles. The summed E-state index contributed by atoms with van der Waals surface area (Å²) in [6.07, 6.45) is 0. The van der Waals surface area contributed by atoms with Crippen LogP contribution in [0.3, 0.4) is 0 Å². The topological polar surface area (TPSA) is 38.7 Å². The third kappa shape index (κ3) is 4.33. The SMILES string of the molecule is CC1(C)c2ccccc2-c2cc3ccc(-c4nc(-c5ccccc5)nc(-c5ccc(-c6ccccc6)cc5)n4)cc3cc21. The first kappa shape index (κ1) is 25.3. The summed E-state index contributed by atoms with van der Waals surface area (Å²) in [5.41, 5.74) is 10.6. The lowest BCUT2D eigenvalue weighted by atomic mass is 9.82. The van der Waals surface area contributed by atoms with Crippen LogP contribution in [0, 0.1) is 0 Å². The van der Waals surface area contributed by atoms with Crippen LogP contribution in [0.15, 0.2) is 140 Å². The Balaban J connectivity index is 1.25. The Morgan fingerprint density at radius 3 is 1.58 bits per heavy atom. The van der Waals surface area contributed by atoms with Gasteiger partial charge in [0.05, 0.1) is 0 Å². The van der Waals surface area contributed by atoms with Crippen LogP contribution in [0.25, 0.3) is 67.2 Å². The van der Waals surface area contributed by atoms with E-state index in [0.717, 1.165) is 22.3 Å². The molecule has 1 heterocycles. The van der Waals surface area contributed by atoms with Crippen molar-refractivity contribution in [3.05, 3.63) is 151 Å². The third-order valence-corrected chi connectivity index (χ3v) is 8.72. The van der Waals surface area contributed by atoms with Gasteiger partial charge >= 0.3 is 0 Å². The molecule has 0 N–H and O–H groups in total. The summed E-state index contributed by atoms with van der Waals surface area (Å²) < 4.78 is 0. The van der Waals surface area contributed by atoms with Gasteiger partial charge in [-0.1, -0.05) is 135 Å². The van der Waals surface area contributed by atoms with Crippen LogP contribution in [0.5, 0.6) is 0 Å². The Morgan fingerprint density at radius 2 is 0.884 bits per heavy atom. The highest BCUT2D eigenvalue weighted by Crippen LogP contribution is 2.49. The molecule has 3 nitrogen and oxygen atoms in total. The zero-order valence-electron chi connectivity index (χ0n) is 24.1. The average Bonchev–Trinajstić information content (AvgIpc) is 3.29. The minimum atomic E-state index is -0.0527. The smallest absolute Gasteiger partial charge is 0.164 e. The molecule has 0 spiro atoms. The van der Waals surface area contributed by atoms with Gasteiger partial charge < -0.3 is 0 Å². The first-order chi connectivity index (χ1) is 21.0. The molecular formula is C40H29N3. The monoisotopic (exact) mass is 551 g/mol. The second-order valence-corrected chi connectivity index (χ2v) is 11.7. The Labute approximate surface area is 251 Å². The number of fused-ring (bicyclic) bond motifs is 4. The van der Waals surface area contributed by atoms with Crippen molar-refractivity contribution >= 4 is 10.8 Å². The van der Waals surface area contributed by atoms with Gasteiger partial charge in [-0.15, -0.1) is 0 Å². The maximum Gasteiger partial charge on any atom is 0.164 e. The van der Waals surface area contributed by atoms with E-state index in [9.17, 15) is 0 Å². The first-order valence-corrected chi connectivity index (χ1v) is 14.7. The number of hydrogen-bond donors (Lipinski definition) is 0. The maximum atomic E-state index is 5.02. The van der Waals surface area contributed by atoms with Crippen LogP contribution in [0.4, 0.5) is 0 Å². The Kier molecular flexibility index (Phi) is 5.80. The molecule has 3 heteroatoms. The van der Waals surface area contributed by atoms with E-state index in [-0.39, 0.29) is 5.41 Å². The lowest BCUT2D eigenvalue weighted by molar-refractivity contribution is 0.661. The molecule has 8 rings (SSSR count). The highest BCUT2D eigenvalue weighted by atomic mass is 15.0. The van der Waals surface area contributed by atoms with E-state index in [2.05, 4.69) is 117 Å². The fourth-order valence-electron chi connectivity index (χ4n) is 6.38. The van der Waals surface area contributed by atoms with Crippen molar-refractivity contribution in [2.75, 3.05) is 0 Å². The van der Waals surface area contributed by atoms with Crippen LogP contribution in [-0.2, 0) is 5.41 Å². The normalized spacial score (nSPS) is 13.1. The molecule has 204 valence electrons. The van der Waals surface area contributed by atoms with Gasteiger partial charge in [0.1, 0.15) is 0 Å². The standard InChI is InChI=1S/C40H29N3/c1-40(2)35-16-10-9-15-33(35)34-24-30-21-22-31(23-32(30)25-36(34)40)39-42-37(28-13-7-4-8-14-28)41-38(43-39)29-19-17-27(18-20-29)26-11-5-3-6-12-26/h3-25H,1-2H3. The lowest BCUT2D eigenvalue weighted by Crippen LogP contribution is -2.14. The number of nitrogens with zero attached hydrogens (tertiary/aromatic N) is 3. The van der Waals surface area contributed by atoms with E-state index in [0.29, 0.717) is 17.5 Å². The molecule has 0 radical (unpaired) electrons. The summed E-state index contributed by atoms with van der Waals surface area (Å²) >= 11 is 0. The van der Waals surface area contributed by atoms with Crippen molar-refractivity contribution in [2.45, 2.75) is 19.3 Å². The van der Waals surface area contributed by atoms with Crippen LogP contribution in [-0.4, -0.2) is 15.0 Å². The molecule has 0 unspecified atom stereocenters. The van der Waals surface area contributed by atoms with E-state index in [4.69, 9.17) is 15.0 Å². The molecule has 1 aliphatic rings. The number of aromatic nitrogens is 3. The van der Waals surface area contributed by atoms with E-state index in [1.807, 2.05) is 36.4 Å². The van der Waals surface area contributed by atoms with Gasteiger partial charge in [-0.25, -0.2) is 15.0 Å². The highest BCUT2D eigenvalue weighted by Gasteiger charge is 2.35. The Bertz CT molecular complexity index is 2130. The van der Waals surface area contributed by atoms with Gasteiger partial charge in [-0.05, 0) is 62.4 Å². The molecule has 6 aromatic carbocycles. The maximum absolute atomic E-state index is 5.02. The molecule has 1 aromatic heterocycles.